The summed E-state index contributed by atoms with van der Waals surface area (Å²) in [5.74, 6) is 1.46. The van der Waals surface area contributed by atoms with Crippen LogP contribution in [0.3, 0.4) is 0 Å². The summed E-state index contributed by atoms with van der Waals surface area (Å²) in [5, 5.41) is 3.01. The largest absolute Gasteiger partial charge is 0.494 e. The zero-order valence-corrected chi connectivity index (χ0v) is 17.3. The van der Waals surface area contributed by atoms with Crippen LogP contribution in [-0.4, -0.2) is 12.5 Å². The third-order valence-electron chi connectivity index (χ3n) is 4.24. The molecule has 3 nitrogen and oxygen atoms in total. The molecule has 0 saturated heterocycles. The Morgan fingerprint density at radius 3 is 2.36 bits per heavy atom. The highest BCUT2D eigenvalue weighted by Crippen LogP contribution is 2.29. The van der Waals surface area contributed by atoms with Gasteiger partial charge in [0.2, 0.25) is 0 Å². The van der Waals surface area contributed by atoms with Gasteiger partial charge >= 0.3 is 0 Å². The van der Waals surface area contributed by atoms with Crippen LogP contribution in [0.15, 0.2) is 71.6 Å². The fourth-order valence-corrected chi connectivity index (χ4v) is 3.96. The Morgan fingerprint density at radius 1 is 0.964 bits per heavy atom. The number of amides is 1. The maximum absolute atomic E-state index is 12.8. The van der Waals surface area contributed by atoms with Crippen LogP contribution >= 0.6 is 11.8 Å². The summed E-state index contributed by atoms with van der Waals surface area (Å²) < 4.78 is 5.76. The summed E-state index contributed by atoms with van der Waals surface area (Å²) >= 11 is 1.73. The first-order valence-corrected chi connectivity index (χ1v) is 10.4. The average molecular weight is 392 g/mol. The van der Waals surface area contributed by atoms with E-state index in [4.69, 9.17) is 4.74 Å². The molecule has 0 aromatic heterocycles. The molecule has 0 unspecified atom stereocenters. The van der Waals surface area contributed by atoms with Crippen molar-refractivity contribution in [2.24, 2.45) is 0 Å². The van der Waals surface area contributed by atoms with Crippen molar-refractivity contribution in [3.05, 3.63) is 89.0 Å². The number of carbonyl (C=O) groups excluding carboxylic acids is 1. The lowest BCUT2D eigenvalue weighted by Gasteiger charge is -2.13. The highest BCUT2D eigenvalue weighted by atomic mass is 32.2. The van der Waals surface area contributed by atoms with E-state index in [9.17, 15) is 4.79 Å². The van der Waals surface area contributed by atoms with Gasteiger partial charge in [-0.2, -0.15) is 0 Å². The minimum Gasteiger partial charge on any atom is -0.494 e. The van der Waals surface area contributed by atoms with E-state index in [1.807, 2.05) is 69.3 Å². The highest BCUT2D eigenvalue weighted by molar-refractivity contribution is 7.98. The molecule has 1 N–H and O–H groups in total. The van der Waals surface area contributed by atoms with Gasteiger partial charge in [-0.3, -0.25) is 4.79 Å². The molecule has 0 aliphatic rings. The van der Waals surface area contributed by atoms with Gasteiger partial charge in [-0.05, 0) is 74.4 Å². The lowest BCUT2D eigenvalue weighted by Crippen LogP contribution is -2.12. The van der Waals surface area contributed by atoms with Crippen LogP contribution in [0.1, 0.15) is 34.0 Å². The molecule has 3 aromatic carbocycles. The lowest BCUT2D eigenvalue weighted by atomic mass is 10.1. The third kappa shape index (κ3) is 5.40. The molecule has 0 atom stereocenters. The summed E-state index contributed by atoms with van der Waals surface area (Å²) in [6.07, 6.45) is 0. The fourth-order valence-electron chi connectivity index (χ4n) is 3.06. The predicted octanol–water partition coefficient (Wildman–Crippen LogP) is 6.25. The number of thioether (sulfide) groups is 1. The van der Waals surface area contributed by atoms with E-state index < -0.39 is 0 Å². The Labute approximate surface area is 171 Å². The van der Waals surface area contributed by atoms with Crippen LogP contribution in [0.25, 0.3) is 0 Å². The van der Waals surface area contributed by atoms with E-state index in [0.29, 0.717) is 12.2 Å². The molecule has 4 heteroatoms. The number of rotatable bonds is 7. The molecular formula is C24H25NO2S. The van der Waals surface area contributed by atoms with E-state index in [1.54, 1.807) is 11.8 Å². The maximum Gasteiger partial charge on any atom is 0.255 e. The lowest BCUT2D eigenvalue weighted by molar-refractivity contribution is 0.102. The molecule has 28 heavy (non-hydrogen) atoms. The second-order valence-corrected chi connectivity index (χ2v) is 7.74. The molecule has 1 amide bonds. The summed E-state index contributed by atoms with van der Waals surface area (Å²) in [7, 11) is 0. The first-order valence-electron chi connectivity index (χ1n) is 9.38. The van der Waals surface area contributed by atoms with Crippen LogP contribution in [0.5, 0.6) is 5.75 Å². The molecule has 0 aliphatic carbocycles. The number of ether oxygens (including phenoxy) is 1. The van der Waals surface area contributed by atoms with Crippen molar-refractivity contribution in [2.45, 2.75) is 31.4 Å². The Balaban J connectivity index is 1.79. The highest BCUT2D eigenvalue weighted by Gasteiger charge is 2.12. The second kappa shape index (κ2) is 9.47. The number of benzene rings is 3. The summed E-state index contributed by atoms with van der Waals surface area (Å²) in [5.41, 5.74) is 4.72. The maximum atomic E-state index is 12.8. The summed E-state index contributed by atoms with van der Waals surface area (Å²) in [6.45, 7) is 6.61. The van der Waals surface area contributed by atoms with Crippen molar-refractivity contribution in [3.63, 3.8) is 0 Å². The van der Waals surface area contributed by atoms with Crippen molar-refractivity contribution >= 4 is 23.4 Å². The zero-order chi connectivity index (χ0) is 19.9. The molecule has 0 saturated carbocycles. The zero-order valence-electron chi connectivity index (χ0n) is 16.5. The van der Waals surface area contributed by atoms with Gasteiger partial charge in [0, 0.05) is 27.5 Å². The smallest absolute Gasteiger partial charge is 0.255 e. The fraction of sp³-hybridized carbons (Fsp3) is 0.208. The molecule has 0 spiro atoms. The van der Waals surface area contributed by atoms with E-state index in [2.05, 4.69) is 23.5 Å². The van der Waals surface area contributed by atoms with Crippen LogP contribution in [0, 0.1) is 13.8 Å². The van der Waals surface area contributed by atoms with E-state index >= 15 is 0 Å². The monoisotopic (exact) mass is 391 g/mol. The Hall–Kier alpha value is -2.72. The van der Waals surface area contributed by atoms with Gasteiger partial charge in [0.1, 0.15) is 5.75 Å². The quantitative estimate of drug-likeness (QED) is 0.484. The van der Waals surface area contributed by atoms with Gasteiger partial charge in [-0.1, -0.05) is 24.3 Å². The first kappa shape index (κ1) is 20.0. The Kier molecular flexibility index (Phi) is 6.77. The van der Waals surface area contributed by atoms with Gasteiger partial charge in [-0.15, -0.1) is 11.8 Å². The standard InChI is InChI=1S/C24H25NO2S/c1-4-27-23-11-10-19(15-20(23)16-28-22-8-6-5-7-9-22)24(26)25-21-13-17(2)12-18(3)14-21/h5-15H,4,16H2,1-3H3,(H,25,26). The Bertz CT molecular complexity index is 934. The van der Waals surface area contributed by atoms with E-state index in [0.717, 1.165) is 33.9 Å². The first-order chi connectivity index (χ1) is 13.5. The van der Waals surface area contributed by atoms with Crippen molar-refractivity contribution < 1.29 is 9.53 Å². The van der Waals surface area contributed by atoms with Crippen LogP contribution in [-0.2, 0) is 5.75 Å². The van der Waals surface area contributed by atoms with Crippen molar-refractivity contribution in [3.8, 4) is 5.75 Å². The SMILES string of the molecule is CCOc1ccc(C(=O)Nc2cc(C)cc(C)c2)cc1CSc1ccccc1. The van der Waals surface area contributed by atoms with E-state index in [1.165, 1.54) is 4.90 Å². The molecule has 0 bridgehead atoms. The number of hydrogen-bond acceptors (Lipinski definition) is 3. The predicted molar refractivity (Wildman–Crippen MR) is 117 cm³/mol. The molecule has 0 heterocycles. The average Bonchev–Trinajstić information content (AvgIpc) is 2.67. The number of hydrogen-bond donors (Lipinski definition) is 1. The summed E-state index contributed by atoms with van der Waals surface area (Å²) in [6, 6.07) is 21.9. The topological polar surface area (TPSA) is 38.3 Å². The van der Waals surface area contributed by atoms with E-state index in [-0.39, 0.29) is 5.91 Å². The number of carbonyl (C=O) groups is 1. The van der Waals surface area contributed by atoms with Gasteiger partial charge in [-0.25, -0.2) is 0 Å². The van der Waals surface area contributed by atoms with Crippen molar-refractivity contribution in [1.29, 1.82) is 0 Å². The molecule has 144 valence electrons. The number of aryl methyl sites for hydroxylation is 2. The normalized spacial score (nSPS) is 10.5. The van der Waals surface area contributed by atoms with Crippen molar-refractivity contribution in [2.75, 3.05) is 11.9 Å². The molecule has 3 aromatic rings. The third-order valence-corrected chi connectivity index (χ3v) is 5.30. The number of anilines is 1. The molecule has 0 fully saturated rings. The summed E-state index contributed by atoms with van der Waals surface area (Å²) in [4.78, 5) is 14.0. The van der Waals surface area contributed by atoms with Gasteiger partial charge < -0.3 is 10.1 Å². The van der Waals surface area contributed by atoms with Crippen LogP contribution in [0.4, 0.5) is 5.69 Å². The molecule has 3 rings (SSSR count). The van der Waals surface area contributed by atoms with Gasteiger partial charge in [0.15, 0.2) is 0 Å². The van der Waals surface area contributed by atoms with Gasteiger partial charge in [0.25, 0.3) is 5.91 Å². The molecule has 0 radical (unpaired) electrons. The van der Waals surface area contributed by atoms with Gasteiger partial charge in [0.05, 0.1) is 6.61 Å². The minimum absolute atomic E-state index is 0.112. The minimum atomic E-state index is -0.112. The molecular weight excluding hydrogens is 366 g/mol. The second-order valence-electron chi connectivity index (χ2n) is 6.69. The molecule has 0 aliphatic heterocycles. The Morgan fingerprint density at radius 2 is 1.68 bits per heavy atom. The van der Waals surface area contributed by atoms with Crippen LogP contribution in [0.2, 0.25) is 0 Å². The van der Waals surface area contributed by atoms with Crippen molar-refractivity contribution in [1.82, 2.24) is 0 Å². The van der Waals surface area contributed by atoms with Crippen LogP contribution < -0.4 is 10.1 Å². The number of nitrogens with one attached hydrogen (secondary N) is 1.